The number of hydrogen-bond acceptors (Lipinski definition) is 2. The predicted molar refractivity (Wildman–Crippen MR) is 79.5 cm³/mol. The Morgan fingerprint density at radius 2 is 1.65 bits per heavy atom. The maximum Gasteiger partial charge on any atom is 0.101 e. The quantitative estimate of drug-likeness (QED) is 0.534. The smallest absolute Gasteiger partial charge is 0.101 e. The second-order valence-corrected chi connectivity index (χ2v) is 8.75. The lowest BCUT2D eigenvalue weighted by atomic mass is 10.3. The normalized spacial score (nSPS) is 17.1. The minimum atomic E-state index is -2.01. The van der Waals surface area contributed by atoms with Crippen LogP contribution in [-0.2, 0) is 4.57 Å². The molecule has 0 bridgehead atoms. The molecule has 0 aliphatic rings. The lowest BCUT2D eigenvalue weighted by Crippen LogP contribution is -2.33. The Morgan fingerprint density at radius 3 is 2.12 bits per heavy atom. The summed E-state index contributed by atoms with van der Waals surface area (Å²) in [5, 5.41) is 0. The molecule has 0 spiro atoms. The van der Waals surface area contributed by atoms with Crippen LogP contribution in [-0.4, -0.2) is 37.1 Å². The lowest BCUT2D eigenvalue weighted by molar-refractivity contribution is 0.283. The molecular weight excluding hydrogens is 229 g/mol. The Bertz CT molecular complexity index is 230. The van der Waals surface area contributed by atoms with Gasteiger partial charge >= 0.3 is 0 Å². The SMILES string of the molecule is CCCCN(C)C(CCC)P(C)(=O)CCCC. The van der Waals surface area contributed by atoms with Crippen LogP contribution in [0.4, 0.5) is 0 Å². The molecule has 17 heavy (non-hydrogen) atoms. The highest BCUT2D eigenvalue weighted by Crippen LogP contribution is 2.50. The Hall–Kier alpha value is 0.190. The zero-order chi connectivity index (χ0) is 13.3. The van der Waals surface area contributed by atoms with Crippen LogP contribution in [0.2, 0.25) is 0 Å². The van der Waals surface area contributed by atoms with Crippen molar-refractivity contribution >= 4 is 7.14 Å². The van der Waals surface area contributed by atoms with Gasteiger partial charge in [-0.3, -0.25) is 4.90 Å². The van der Waals surface area contributed by atoms with Crippen molar-refractivity contribution in [1.82, 2.24) is 4.90 Å². The Balaban J connectivity index is 4.51. The summed E-state index contributed by atoms with van der Waals surface area (Å²) in [7, 11) is 0.145. The minimum absolute atomic E-state index is 0.311. The van der Waals surface area contributed by atoms with Crippen LogP contribution in [0.25, 0.3) is 0 Å². The van der Waals surface area contributed by atoms with Crippen molar-refractivity contribution in [1.29, 1.82) is 0 Å². The number of nitrogens with zero attached hydrogens (tertiary/aromatic N) is 1. The molecule has 2 atom stereocenters. The molecule has 2 unspecified atom stereocenters. The monoisotopic (exact) mass is 261 g/mol. The highest BCUT2D eigenvalue weighted by molar-refractivity contribution is 7.63. The van der Waals surface area contributed by atoms with Crippen molar-refractivity contribution in [2.24, 2.45) is 0 Å². The van der Waals surface area contributed by atoms with Crippen LogP contribution < -0.4 is 0 Å². The van der Waals surface area contributed by atoms with Crippen molar-refractivity contribution < 1.29 is 4.57 Å². The van der Waals surface area contributed by atoms with Crippen LogP contribution in [0.5, 0.6) is 0 Å². The first-order valence-corrected chi connectivity index (χ1v) is 9.66. The summed E-state index contributed by atoms with van der Waals surface area (Å²) in [4.78, 5) is 2.35. The largest absolute Gasteiger partial charge is 0.322 e. The van der Waals surface area contributed by atoms with Crippen LogP contribution in [0.1, 0.15) is 59.3 Å². The van der Waals surface area contributed by atoms with Gasteiger partial charge in [0.15, 0.2) is 0 Å². The minimum Gasteiger partial charge on any atom is -0.322 e. The van der Waals surface area contributed by atoms with Crippen LogP contribution in [0, 0.1) is 0 Å². The lowest BCUT2D eigenvalue weighted by Gasteiger charge is -2.33. The molecule has 0 aliphatic carbocycles. The molecule has 0 heterocycles. The van der Waals surface area contributed by atoms with Crippen molar-refractivity contribution in [2.75, 3.05) is 26.4 Å². The third-order valence-electron chi connectivity index (χ3n) is 3.51. The average Bonchev–Trinajstić information content (AvgIpc) is 2.30. The number of rotatable bonds is 10. The fourth-order valence-corrected chi connectivity index (χ4v) is 5.34. The van der Waals surface area contributed by atoms with Gasteiger partial charge in [-0.05, 0) is 39.5 Å². The summed E-state index contributed by atoms with van der Waals surface area (Å²) in [5.74, 6) is 0.311. The van der Waals surface area contributed by atoms with Gasteiger partial charge in [0.1, 0.15) is 7.14 Å². The maximum atomic E-state index is 12.8. The first-order valence-electron chi connectivity index (χ1n) is 7.26. The highest BCUT2D eigenvalue weighted by Gasteiger charge is 2.29. The van der Waals surface area contributed by atoms with Crippen molar-refractivity contribution in [3.05, 3.63) is 0 Å². The first-order chi connectivity index (χ1) is 7.99. The predicted octanol–water partition coefficient (Wildman–Crippen LogP) is 4.64. The standard InChI is InChI=1S/C14H32NOP/c1-6-9-12-15(4)14(11-8-3)17(5,16)13-10-7-2/h14H,6-13H2,1-5H3. The van der Waals surface area contributed by atoms with E-state index in [9.17, 15) is 4.57 Å². The summed E-state index contributed by atoms with van der Waals surface area (Å²) >= 11 is 0. The van der Waals surface area contributed by atoms with E-state index in [4.69, 9.17) is 0 Å². The van der Waals surface area contributed by atoms with Crippen LogP contribution in [0.3, 0.4) is 0 Å². The molecule has 0 aliphatic heterocycles. The van der Waals surface area contributed by atoms with E-state index in [-0.39, 0.29) is 0 Å². The average molecular weight is 261 g/mol. The Kier molecular flexibility index (Phi) is 9.27. The summed E-state index contributed by atoms with van der Waals surface area (Å²) in [6.07, 6.45) is 7.81. The molecule has 0 aromatic heterocycles. The van der Waals surface area contributed by atoms with Gasteiger partial charge in [-0.2, -0.15) is 0 Å². The molecule has 0 fully saturated rings. The van der Waals surface area contributed by atoms with E-state index in [2.05, 4.69) is 32.7 Å². The molecule has 0 N–H and O–H groups in total. The molecule has 2 nitrogen and oxygen atoms in total. The molecule has 0 saturated heterocycles. The molecule has 104 valence electrons. The van der Waals surface area contributed by atoms with Gasteiger partial charge in [-0.15, -0.1) is 0 Å². The van der Waals surface area contributed by atoms with E-state index < -0.39 is 7.14 Å². The zero-order valence-corrected chi connectivity index (χ0v) is 13.4. The van der Waals surface area contributed by atoms with Crippen LogP contribution >= 0.6 is 7.14 Å². The Labute approximate surface area is 109 Å². The molecular formula is C14H32NOP. The fraction of sp³-hybridized carbons (Fsp3) is 1.00. The van der Waals surface area contributed by atoms with E-state index in [0.717, 1.165) is 38.4 Å². The summed E-state index contributed by atoms with van der Waals surface area (Å²) in [5.41, 5.74) is 0. The van der Waals surface area contributed by atoms with Gasteiger partial charge in [0, 0.05) is 6.16 Å². The van der Waals surface area contributed by atoms with Gasteiger partial charge < -0.3 is 4.57 Å². The fourth-order valence-electron chi connectivity index (χ4n) is 2.35. The Morgan fingerprint density at radius 1 is 1.06 bits per heavy atom. The van der Waals surface area contributed by atoms with Crippen molar-refractivity contribution in [2.45, 2.75) is 65.1 Å². The second-order valence-electron chi connectivity index (χ2n) is 5.35. The molecule has 0 radical (unpaired) electrons. The van der Waals surface area contributed by atoms with Gasteiger partial charge in [-0.25, -0.2) is 0 Å². The van der Waals surface area contributed by atoms with E-state index >= 15 is 0 Å². The highest BCUT2D eigenvalue weighted by atomic mass is 31.2. The molecule has 0 rings (SSSR count). The van der Waals surface area contributed by atoms with Crippen molar-refractivity contribution in [3.63, 3.8) is 0 Å². The molecule has 0 saturated carbocycles. The third-order valence-corrected chi connectivity index (χ3v) is 6.62. The van der Waals surface area contributed by atoms with E-state index in [1.54, 1.807) is 0 Å². The molecule has 0 aromatic carbocycles. The molecule has 3 heteroatoms. The van der Waals surface area contributed by atoms with E-state index in [1.807, 2.05) is 6.66 Å². The summed E-state index contributed by atoms with van der Waals surface area (Å²) in [6, 6.07) is 0. The van der Waals surface area contributed by atoms with Gasteiger partial charge in [-0.1, -0.05) is 40.0 Å². The summed E-state index contributed by atoms with van der Waals surface area (Å²) in [6.45, 7) is 9.69. The van der Waals surface area contributed by atoms with Gasteiger partial charge in [0.25, 0.3) is 0 Å². The van der Waals surface area contributed by atoms with Crippen LogP contribution in [0.15, 0.2) is 0 Å². The van der Waals surface area contributed by atoms with Crippen molar-refractivity contribution in [3.8, 4) is 0 Å². The van der Waals surface area contributed by atoms with Gasteiger partial charge in [0.05, 0.1) is 5.78 Å². The zero-order valence-electron chi connectivity index (χ0n) is 12.5. The topological polar surface area (TPSA) is 20.3 Å². The number of unbranched alkanes of at least 4 members (excludes halogenated alkanes) is 2. The summed E-state index contributed by atoms with van der Waals surface area (Å²) < 4.78 is 12.8. The second kappa shape index (κ2) is 9.16. The molecule has 0 amide bonds. The third kappa shape index (κ3) is 6.62. The molecule has 0 aromatic rings. The van der Waals surface area contributed by atoms with Gasteiger partial charge in [0.2, 0.25) is 0 Å². The van der Waals surface area contributed by atoms with E-state index in [1.165, 1.54) is 12.8 Å². The number of hydrogen-bond donors (Lipinski definition) is 0. The van der Waals surface area contributed by atoms with E-state index in [0.29, 0.717) is 5.78 Å². The first kappa shape index (κ1) is 17.2. The maximum absolute atomic E-state index is 12.8.